The first-order valence-electron chi connectivity index (χ1n) is 9.27. The molecule has 0 radical (unpaired) electrons. The van der Waals surface area contributed by atoms with Gasteiger partial charge in [-0.05, 0) is 49.5 Å². The normalized spacial score (nSPS) is 21.0. The van der Waals surface area contributed by atoms with Crippen LogP contribution in [0.15, 0.2) is 24.3 Å². The summed E-state index contributed by atoms with van der Waals surface area (Å²) in [6.45, 7) is 5.53. The Hall–Kier alpha value is -0.920. The number of carbonyl (C=O) groups is 1. The van der Waals surface area contributed by atoms with Crippen LogP contribution in [0.2, 0.25) is 0 Å². The van der Waals surface area contributed by atoms with Crippen LogP contribution in [0, 0.1) is 11.7 Å². The number of morpholine rings is 1. The minimum atomic E-state index is -0.240. The number of ether oxygens (including phenoxy) is 1. The Morgan fingerprint density at radius 2 is 2.11 bits per heavy atom. The molecule has 3 rings (SSSR count). The number of nitrogens with zero attached hydrogens (tertiary/aromatic N) is 1. The molecule has 1 aromatic rings. The number of benzene rings is 1. The average molecular weight is 422 g/mol. The maximum Gasteiger partial charge on any atom is 0.220 e. The summed E-state index contributed by atoms with van der Waals surface area (Å²) < 4.78 is 19.1. The molecule has 0 bridgehead atoms. The van der Waals surface area contributed by atoms with Crippen LogP contribution in [-0.2, 0) is 9.53 Å². The number of rotatable bonds is 7. The van der Waals surface area contributed by atoms with Gasteiger partial charge in [0.1, 0.15) is 5.82 Å². The minimum Gasteiger partial charge on any atom is -0.379 e. The Morgan fingerprint density at radius 3 is 2.78 bits per heavy atom. The molecule has 0 spiro atoms. The smallest absolute Gasteiger partial charge is 0.220 e. The van der Waals surface area contributed by atoms with Crippen LogP contribution in [-0.4, -0.2) is 56.7 Å². The predicted molar refractivity (Wildman–Crippen MR) is 109 cm³/mol. The molecule has 1 aromatic carbocycles. The molecule has 154 valence electrons. The number of nitrogens with one attached hydrogen (secondary N) is 2. The fourth-order valence-electron chi connectivity index (χ4n) is 3.66. The minimum absolute atomic E-state index is 0. The van der Waals surface area contributed by atoms with Crippen LogP contribution in [0.25, 0.3) is 0 Å². The molecule has 2 fully saturated rings. The van der Waals surface area contributed by atoms with Gasteiger partial charge in [0.25, 0.3) is 0 Å². The third-order valence-electron chi connectivity index (χ3n) is 5.15. The van der Waals surface area contributed by atoms with Crippen LogP contribution in [0.3, 0.4) is 0 Å². The van der Waals surface area contributed by atoms with Crippen molar-refractivity contribution in [3.8, 4) is 0 Å². The van der Waals surface area contributed by atoms with E-state index in [2.05, 4.69) is 15.5 Å². The largest absolute Gasteiger partial charge is 0.379 e. The van der Waals surface area contributed by atoms with Gasteiger partial charge in [0, 0.05) is 26.1 Å². The van der Waals surface area contributed by atoms with Gasteiger partial charge in [-0.1, -0.05) is 12.1 Å². The molecule has 27 heavy (non-hydrogen) atoms. The summed E-state index contributed by atoms with van der Waals surface area (Å²) in [5, 5.41) is 6.39. The van der Waals surface area contributed by atoms with Crippen molar-refractivity contribution in [3.05, 3.63) is 35.6 Å². The van der Waals surface area contributed by atoms with Gasteiger partial charge in [0.05, 0.1) is 19.3 Å². The van der Waals surface area contributed by atoms with E-state index in [0.29, 0.717) is 32.1 Å². The van der Waals surface area contributed by atoms with Crippen LogP contribution in [0.1, 0.15) is 30.9 Å². The summed E-state index contributed by atoms with van der Waals surface area (Å²) in [5.41, 5.74) is 0.905. The predicted octanol–water partition coefficient (Wildman–Crippen LogP) is 2.55. The molecule has 1 amide bonds. The molecule has 2 aliphatic heterocycles. The molecule has 2 heterocycles. The second-order valence-electron chi connectivity index (χ2n) is 6.92. The highest BCUT2D eigenvalue weighted by Crippen LogP contribution is 2.22. The summed E-state index contributed by atoms with van der Waals surface area (Å²) in [4.78, 5) is 14.5. The molecule has 2 saturated heterocycles. The number of hydrogen-bond acceptors (Lipinski definition) is 4. The molecule has 2 atom stereocenters. The summed E-state index contributed by atoms with van der Waals surface area (Å²) in [5.74, 6) is 0.460. The zero-order chi connectivity index (χ0) is 17.5. The van der Waals surface area contributed by atoms with E-state index in [9.17, 15) is 9.18 Å². The van der Waals surface area contributed by atoms with Crippen molar-refractivity contribution < 1.29 is 13.9 Å². The quantitative estimate of drug-likeness (QED) is 0.709. The lowest BCUT2D eigenvalue weighted by molar-refractivity contribution is -0.121. The third-order valence-corrected chi connectivity index (χ3v) is 5.15. The lowest BCUT2D eigenvalue weighted by Crippen LogP contribution is -2.43. The van der Waals surface area contributed by atoms with E-state index in [0.717, 1.165) is 44.6 Å². The Labute approximate surface area is 173 Å². The molecule has 2 aliphatic rings. The van der Waals surface area contributed by atoms with Crippen molar-refractivity contribution >= 4 is 30.7 Å². The van der Waals surface area contributed by atoms with E-state index >= 15 is 0 Å². The Kier molecular flexibility index (Phi) is 11.2. The lowest BCUT2D eigenvalue weighted by atomic mass is 10.0. The molecule has 0 aliphatic carbocycles. The van der Waals surface area contributed by atoms with Gasteiger partial charge >= 0.3 is 0 Å². The highest BCUT2D eigenvalue weighted by molar-refractivity contribution is 5.85. The Balaban J connectivity index is 0.00000182. The van der Waals surface area contributed by atoms with E-state index in [4.69, 9.17) is 4.74 Å². The number of halogens is 3. The van der Waals surface area contributed by atoms with Gasteiger partial charge < -0.3 is 15.4 Å². The second-order valence-corrected chi connectivity index (χ2v) is 6.92. The van der Waals surface area contributed by atoms with Gasteiger partial charge in [-0.25, -0.2) is 4.39 Å². The summed E-state index contributed by atoms with van der Waals surface area (Å²) >= 11 is 0. The number of carbonyl (C=O) groups excluding carboxylic acids is 1. The fraction of sp³-hybridized carbons (Fsp3) is 0.632. The van der Waals surface area contributed by atoms with Gasteiger partial charge in [-0.2, -0.15) is 0 Å². The molecule has 2 N–H and O–H groups in total. The standard InChI is InChI=1S/C19H28FN3O2.2ClH/c20-17-3-1-2-16(12-17)18(23-8-10-25-11-9-23)14-22-19(24)5-4-15-6-7-21-13-15;;/h1-3,12,15,18,21H,4-11,13-14H2,(H,22,24);2*1H. The number of amides is 1. The van der Waals surface area contributed by atoms with Crippen LogP contribution in [0.5, 0.6) is 0 Å². The zero-order valence-corrected chi connectivity index (χ0v) is 17.1. The fourth-order valence-corrected chi connectivity index (χ4v) is 3.66. The summed E-state index contributed by atoms with van der Waals surface area (Å²) in [6.07, 6.45) is 2.65. The first-order chi connectivity index (χ1) is 12.2. The third kappa shape index (κ3) is 7.54. The van der Waals surface area contributed by atoms with Crippen molar-refractivity contribution in [2.45, 2.75) is 25.3 Å². The van der Waals surface area contributed by atoms with E-state index < -0.39 is 0 Å². The van der Waals surface area contributed by atoms with E-state index in [-0.39, 0.29) is 42.6 Å². The monoisotopic (exact) mass is 421 g/mol. The van der Waals surface area contributed by atoms with E-state index in [1.165, 1.54) is 6.07 Å². The summed E-state index contributed by atoms with van der Waals surface area (Å²) in [6, 6.07) is 6.66. The van der Waals surface area contributed by atoms with Crippen molar-refractivity contribution in [2.75, 3.05) is 45.9 Å². The van der Waals surface area contributed by atoms with Gasteiger partial charge in [-0.3, -0.25) is 9.69 Å². The van der Waals surface area contributed by atoms with Crippen molar-refractivity contribution in [3.63, 3.8) is 0 Å². The van der Waals surface area contributed by atoms with Crippen LogP contribution < -0.4 is 10.6 Å². The highest BCUT2D eigenvalue weighted by Gasteiger charge is 2.24. The maximum absolute atomic E-state index is 13.7. The van der Waals surface area contributed by atoms with Crippen LogP contribution >= 0.6 is 24.8 Å². The summed E-state index contributed by atoms with van der Waals surface area (Å²) in [7, 11) is 0. The molecule has 0 saturated carbocycles. The van der Waals surface area contributed by atoms with Crippen molar-refractivity contribution in [1.29, 1.82) is 0 Å². The Morgan fingerprint density at radius 1 is 1.33 bits per heavy atom. The molecule has 0 aromatic heterocycles. The van der Waals surface area contributed by atoms with Crippen LogP contribution in [0.4, 0.5) is 4.39 Å². The first kappa shape index (κ1) is 24.1. The Bertz CT molecular complexity index is 568. The molecule has 8 heteroatoms. The lowest BCUT2D eigenvalue weighted by Gasteiger charge is -2.35. The van der Waals surface area contributed by atoms with Crippen molar-refractivity contribution in [1.82, 2.24) is 15.5 Å². The van der Waals surface area contributed by atoms with Gasteiger partial charge in [0.2, 0.25) is 5.91 Å². The van der Waals surface area contributed by atoms with E-state index in [1.807, 2.05) is 6.07 Å². The maximum atomic E-state index is 13.7. The molecule has 2 unspecified atom stereocenters. The zero-order valence-electron chi connectivity index (χ0n) is 15.5. The molecule has 5 nitrogen and oxygen atoms in total. The van der Waals surface area contributed by atoms with Gasteiger partial charge in [-0.15, -0.1) is 24.8 Å². The average Bonchev–Trinajstić information content (AvgIpc) is 3.15. The number of hydrogen-bond donors (Lipinski definition) is 2. The first-order valence-corrected chi connectivity index (χ1v) is 9.27. The highest BCUT2D eigenvalue weighted by atomic mass is 35.5. The van der Waals surface area contributed by atoms with E-state index in [1.54, 1.807) is 12.1 Å². The molecular weight excluding hydrogens is 392 g/mol. The second kappa shape index (κ2) is 12.5. The van der Waals surface area contributed by atoms with Crippen molar-refractivity contribution in [2.24, 2.45) is 5.92 Å². The SMILES string of the molecule is Cl.Cl.O=C(CCC1CCNC1)NCC(c1cccc(F)c1)N1CCOCC1. The molecular formula is C19H30Cl2FN3O2. The van der Waals surface area contributed by atoms with Gasteiger partial charge in [0.15, 0.2) is 0 Å². The topological polar surface area (TPSA) is 53.6 Å².